The second kappa shape index (κ2) is 5.54. The van der Waals surface area contributed by atoms with E-state index in [-0.39, 0.29) is 0 Å². The molecule has 1 atom stereocenters. The lowest BCUT2D eigenvalue weighted by Crippen LogP contribution is -2.20. The zero-order valence-corrected chi connectivity index (χ0v) is 8.47. The van der Waals surface area contributed by atoms with Gasteiger partial charge in [0.1, 0.15) is 0 Å². The molecule has 0 rings (SSSR count). The Bertz CT molecular complexity index is 196. The van der Waals surface area contributed by atoms with E-state index in [2.05, 4.69) is 0 Å². The zero-order chi connectivity index (χ0) is 9.61. The van der Waals surface area contributed by atoms with Crippen molar-refractivity contribution in [3.8, 4) is 0 Å². The summed E-state index contributed by atoms with van der Waals surface area (Å²) in [6, 6.07) is 0. The topological polar surface area (TPSA) is 54.4 Å². The maximum absolute atomic E-state index is 10.8. The van der Waals surface area contributed by atoms with E-state index in [1.165, 1.54) is 0 Å². The summed E-state index contributed by atoms with van der Waals surface area (Å²) in [5.74, 6) is 0. The molecule has 0 spiro atoms. The molecule has 0 aromatic rings. The standard InChI is InChI=1S/C8H17O3S/c1-3-5-7-8(6-4-2)12(9,10)11/h7-8H,3-6H2,1-2H3,(H,9,10,11). The van der Waals surface area contributed by atoms with Crippen molar-refractivity contribution < 1.29 is 13.0 Å². The molecule has 3 nitrogen and oxygen atoms in total. The van der Waals surface area contributed by atoms with Crippen LogP contribution in [0.15, 0.2) is 0 Å². The minimum absolute atomic E-state index is 0.513. The first kappa shape index (κ1) is 11.9. The maximum atomic E-state index is 10.8. The van der Waals surface area contributed by atoms with Crippen molar-refractivity contribution >= 4 is 10.1 Å². The van der Waals surface area contributed by atoms with Crippen LogP contribution in [-0.4, -0.2) is 18.2 Å². The quantitative estimate of drug-likeness (QED) is 0.657. The molecule has 0 aromatic heterocycles. The SMILES string of the molecule is CCC[CH]C(CCC)S(=O)(=O)O. The van der Waals surface area contributed by atoms with Gasteiger partial charge in [0.15, 0.2) is 0 Å². The summed E-state index contributed by atoms with van der Waals surface area (Å²) in [6.07, 6.45) is 4.61. The number of hydrogen-bond donors (Lipinski definition) is 1. The van der Waals surface area contributed by atoms with Crippen LogP contribution in [0.4, 0.5) is 0 Å². The van der Waals surface area contributed by atoms with Crippen molar-refractivity contribution in [2.75, 3.05) is 0 Å². The summed E-state index contributed by atoms with van der Waals surface area (Å²) in [6.45, 7) is 3.88. The molecule has 73 valence electrons. The van der Waals surface area contributed by atoms with Gasteiger partial charge in [0.25, 0.3) is 10.1 Å². The van der Waals surface area contributed by atoms with E-state index in [4.69, 9.17) is 4.55 Å². The third-order valence-corrected chi connectivity index (χ3v) is 2.87. The smallest absolute Gasteiger partial charge is 0.268 e. The van der Waals surface area contributed by atoms with Crippen LogP contribution in [0.3, 0.4) is 0 Å². The van der Waals surface area contributed by atoms with E-state index < -0.39 is 15.4 Å². The third kappa shape index (κ3) is 4.72. The fourth-order valence-electron chi connectivity index (χ4n) is 1.03. The summed E-state index contributed by atoms with van der Waals surface area (Å²) in [5.41, 5.74) is 0. The van der Waals surface area contributed by atoms with Crippen molar-refractivity contribution in [3.63, 3.8) is 0 Å². The van der Waals surface area contributed by atoms with Gasteiger partial charge < -0.3 is 0 Å². The van der Waals surface area contributed by atoms with Crippen LogP contribution >= 0.6 is 0 Å². The lowest BCUT2D eigenvalue weighted by Gasteiger charge is -2.10. The van der Waals surface area contributed by atoms with E-state index >= 15 is 0 Å². The van der Waals surface area contributed by atoms with Crippen LogP contribution < -0.4 is 0 Å². The van der Waals surface area contributed by atoms with Gasteiger partial charge in [-0.15, -0.1) is 0 Å². The molecule has 0 aromatic carbocycles. The summed E-state index contributed by atoms with van der Waals surface area (Å²) < 4.78 is 30.3. The molecule has 1 N–H and O–H groups in total. The Kier molecular flexibility index (Phi) is 5.50. The molecular formula is C8H17O3S. The molecule has 0 aliphatic rings. The van der Waals surface area contributed by atoms with Gasteiger partial charge in [0.2, 0.25) is 0 Å². The number of hydrogen-bond acceptors (Lipinski definition) is 2. The molecule has 0 amide bonds. The average Bonchev–Trinajstić information content (AvgIpc) is 1.95. The van der Waals surface area contributed by atoms with Crippen LogP contribution in [0.5, 0.6) is 0 Å². The van der Waals surface area contributed by atoms with Crippen molar-refractivity contribution in [1.29, 1.82) is 0 Å². The zero-order valence-electron chi connectivity index (χ0n) is 7.66. The van der Waals surface area contributed by atoms with Crippen LogP contribution in [0.1, 0.15) is 39.5 Å². The number of unbranched alkanes of at least 4 members (excludes halogenated alkanes) is 1. The largest absolute Gasteiger partial charge is 0.285 e. The lowest BCUT2D eigenvalue weighted by molar-refractivity contribution is 0.466. The molecule has 0 heterocycles. The third-order valence-electron chi connectivity index (χ3n) is 1.67. The molecule has 4 heteroatoms. The van der Waals surface area contributed by atoms with Crippen molar-refractivity contribution in [2.24, 2.45) is 0 Å². The Morgan fingerprint density at radius 1 is 1.33 bits per heavy atom. The molecule has 0 saturated carbocycles. The summed E-state index contributed by atoms with van der Waals surface area (Å²) >= 11 is 0. The first-order valence-corrected chi connectivity index (χ1v) is 5.82. The molecule has 0 aliphatic carbocycles. The first-order valence-electron chi connectivity index (χ1n) is 4.32. The number of rotatable bonds is 6. The van der Waals surface area contributed by atoms with Gasteiger partial charge in [0, 0.05) is 0 Å². The normalized spacial score (nSPS) is 14.6. The van der Waals surface area contributed by atoms with Crippen molar-refractivity contribution in [1.82, 2.24) is 0 Å². The van der Waals surface area contributed by atoms with Gasteiger partial charge in [0.05, 0.1) is 5.25 Å². The highest BCUT2D eigenvalue weighted by molar-refractivity contribution is 7.86. The van der Waals surface area contributed by atoms with Crippen molar-refractivity contribution in [3.05, 3.63) is 6.42 Å². The highest BCUT2D eigenvalue weighted by atomic mass is 32.2. The molecule has 12 heavy (non-hydrogen) atoms. The van der Waals surface area contributed by atoms with Gasteiger partial charge in [-0.05, 0) is 19.3 Å². The fraction of sp³-hybridized carbons (Fsp3) is 0.875. The van der Waals surface area contributed by atoms with Gasteiger partial charge in [-0.3, -0.25) is 4.55 Å². The van der Waals surface area contributed by atoms with Gasteiger partial charge in [-0.2, -0.15) is 8.42 Å². The summed E-state index contributed by atoms with van der Waals surface area (Å²) in [5, 5.41) is -0.664. The van der Waals surface area contributed by atoms with Gasteiger partial charge in [-0.1, -0.05) is 26.7 Å². The predicted octanol–water partition coefficient (Wildman–Crippen LogP) is 2.05. The minimum atomic E-state index is -3.85. The molecule has 1 unspecified atom stereocenters. The Morgan fingerprint density at radius 2 is 1.92 bits per heavy atom. The average molecular weight is 193 g/mol. The Balaban J connectivity index is 4.05. The Morgan fingerprint density at radius 3 is 2.25 bits per heavy atom. The molecule has 1 radical (unpaired) electrons. The van der Waals surface area contributed by atoms with Crippen molar-refractivity contribution in [2.45, 2.75) is 44.8 Å². The van der Waals surface area contributed by atoms with Crippen LogP contribution in [0, 0.1) is 6.42 Å². The monoisotopic (exact) mass is 193 g/mol. The molecule has 0 aliphatic heterocycles. The minimum Gasteiger partial charge on any atom is -0.285 e. The molecular weight excluding hydrogens is 176 g/mol. The van der Waals surface area contributed by atoms with E-state index in [1.54, 1.807) is 6.42 Å². The van der Waals surface area contributed by atoms with E-state index in [0.717, 1.165) is 19.3 Å². The fourth-order valence-corrected chi connectivity index (χ4v) is 1.94. The molecule has 0 bridgehead atoms. The molecule has 0 fully saturated rings. The predicted molar refractivity (Wildman–Crippen MR) is 49.5 cm³/mol. The second-order valence-electron chi connectivity index (χ2n) is 2.87. The van der Waals surface area contributed by atoms with Gasteiger partial charge >= 0.3 is 0 Å². The van der Waals surface area contributed by atoms with E-state index in [1.807, 2.05) is 13.8 Å². The van der Waals surface area contributed by atoms with E-state index in [9.17, 15) is 8.42 Å². The van der Waals surface area contributed by atoms with Crippen LogP contribution in [-0.2, 0) is 10.1 Å². The summed E-state index contributed by atoms with van der Waals surface area (Å²) in [7, 11) is -3.85. The van der Waals surface area contributed by atoms with E-state index in [0.29, 0.717) is 6.42 Å². The maximum Gasteiger partial charge on any atom is 0.268 e. The Labute approximate surface area is 74.9 Å². The van der Waals surface area contributed by atoms with Crippen LogP contribution in [0.2, 0.25) is 0 Å². The highest BCUT2D eigenvalue weighted by Gasteiger charge is 2.20. The molecule has 0 saturated heterocycles. The summed E-state index contributed by atoms with van der Waals surface area (Å²) in [4.78, 5) is 0. The second-order valence-corrected chi connectivity index (χ2v) is 4.50. The van der Waals surface area contributed by atoms with Gasteiger partial charge in [-0.25, -0.2) is 0 Å². The van der Waals surface area contributed by atoms with Crippen LogP contribution in [0.25, 0.3) is 0 Å². The lowest BCUT2D eigenvalue weighted by atomic mass is 10.1. The Hall–Kier alpha value is -0.0900. The highest BCUT2D eigenvalue weighted by Crippen LogP contribution is 2.13. The first-order chi connectivity index (χ1) is 5.52.